The van der Waals surface area contributed by atoms with Gasteiger partial charge in [0.05, 0.1) is 23.2 Å². The van der Waals surface area contributed by atoms with Gasteiger partial charge in [-0.1, -0.05) is 36.4 Å². The third kappa shape index (κ3) is 3.74. The van der Waals surface area contributed by atoms with Crippen molar-refractivity contribution in [2.24, 2.45) is 5.73 Å². The Morgan fingerprint density at radius 2 is 1.65 bits per heavy atom. The van der Waals surface area contributed by atoms with Gasteiger partial charge in [0, 0.05) is 6.42 Å². The number of nitriles is 2. The average molecular weight is 344 g/mol. The fraction of sp³-hybridized carbons (Fsp3) is 0.286. The molecule has 0 spiro atoms. The van der Waals surface area contributed by atoms with Gasteiger partial charge in [-0.3, -0.25) is 4.79 Å². The Balaban J connectivity index is 1.65. The molecular weight excluding hydrogens is 324 g/mol. The van der Waals surface area contributed by atoms with Crippen LogP contribution < -0.4 is 11.1 Å². The van der Waals surface area contributed by atoms with Gasteiger partial charge in [0.1, 0.15) is 6.04 Å². The first kappa shape index (κ1) is 17.7. The molecule has 0 bridgehead atoms. The molecule has 1 aliphatic rings. The predicted molar refractivity (Wildman–Crippen MR) is 98.6 cm³/mol. The number of nitrogens with zero attached hydrogens (tertiary/aromatic N) is 2. The van der Waals surface area contributed by atoms with Crippen molar-refractivity contribution in [3.05, 3.63) is 59.7 Å². The maximum atomic E-state index is 12.2. The SMILES string of the molecule is N#Cc1ccc(-c2ccc(CC(C#N)NC(=O)C3(N)CCC3)cc2)cc1. The van der Waals surface area contributed by atoms with E-state index in [-0.39, 0.29) is 5.91 Å². The van der Waals surface area contributed by atoms with Gasteiger partial charge in [-0.15, -0.1) is 0 Å². The van der Waals surface area contributed by atoms with E-state index in [0.717, 1.165) is 23.1 Å². The predicted octanol–water partition coefficient (Wildman–Crippen LogP) is 2.66. The number of nitrogens with two attached hydrogens (primary N) is 1. The van der Waals surface area contributed by atoms with Gasteiger partial charge in [0.25, 0.3) is 0 Å². The van der Waals surface area contributed by atoms with Crippen molar-refractivity contribution in [3.8, 4) is 23.3 Å². The van der Waals surface area contributed by atoms with Gasteiger partial charge in [0.2, 0.25) is 5.91 Å². The van der Waals surface area contributed by atoms with Crippen LogP contribution in [0.2, 0.25) is 0 Å². The Bertz CT molecular complexity index is 868. The van der Waals surface area contributed by atoms with Gasteiger partial charge in [0.15, 0.2) is 0 Å². The topological polar surface area (TPSA) is 103 Å². The maximum Gasteiger partial charge on any atom is 0.241 e. The zero-order chi connectivity index (χ0) is 18.6. The molecule has 1 saturated carbocycles. The van der Waals surface area contributed by atoms with Crippen LogP contribution in [0.25, 0.3) is 11.1 Å². The van der Waals surface area contributed by atoms with Gasteiger partial charge >= 0.3 is 0 Å². The molecule has 3 N–H and O–H groups in total. The Labute approximate surface area is 153 Å². The number of hydrogen-bond acceptors (Lipinski definition) is 4. The molecule has 26 heavy (non-hydrogen) atoms. The first-order valence-corrected chi connectivity index (χ1v) is 8.63. The van der Waals surface area contributed by atoms with Crippen LogP contribution in [0.4, 0.5) is 0 Å². The lowest BCUT2D eigenvalue weighted by Gasteiger charge is -2.36. The second-order valence-electron chi connectivity index (χ2n) is 6.76. The molecule has 0 aromatic heterocycles. The number of carbonyl (C=O) groups excluding carboxylic acids is 1. The smallest absolute Gasteiger partial charge is 0.241 e. The van der Waals surface area contributed by atoms with Crippen LogP contribution in [0.15, 0.2) is 48.5 Å². The van der Waals surface area contributed by atoms with E-state index in [1.807, 2.05) is 36.4 Å². The van der Waals surface area contributed by atoms with E-state index >= 15 is 0 Å². The van der Waals surface area contributed by atoms with Gasteiger partial charge in [-0.05, 0) is 48.1 Å². The van der Waals surface area contributed by atoms with Crippen LogP contribution in [0, 0.1) is 22.7 Å². The lowest BCUT2D eigenvalue weighted by Crippen LogP contribution is -2.60. The summed E-state index contributed by atoms with van der Waals surface area (Å²) in [6.07, 6.45) is 2.75. The standard InChI is InChI=1S/C21H20N4O/c22-13-16-4-8-18(9-5-16)17-6-2-15(3-7-17)12-19(14-23)25-20(26)21(24)10-1-11-21/h2-9,19H,1,10-12,24H2,(H,25,26). The highest BCUT2D eigenvalue weighted by atomic mass is 16.2. The fourth-order valence-electron chi connectivity index (χ4n) is 3.02. The van der Waals surface area contributed by atoms with Crippen LogP contribution in [0.5, 0.6) is 0 Å². The van der Waals surface area contributed by atoms with E-state index in [1.165, 1.54) is 0 Å². The Morgan fingerprint density at radius 3 is 2.12 bits per heavy atom. The molecule has 5 nitrogen and oxygen atoms in total. The van der Waals surface area contributed by atoms with E-state index in [9.17, 15) is 10.1 Å². The summed E-state index contributed by atoms with van der Waals surface area (Å²) in [5, 5.41) is 21.0. The first-order valence-electron chi connectivity index (χ1n) is 8.63. The largest absolute Gasteiger partial charge is 0.338 e. The molecule has 2 aromatic carbocycles. The molecule has 1 atom stereocenters. The second kappa shape index (κ2) is 7.39. The van der Waals surface area contributed by atoms with E-state index in [0.29, 0.717) is 24.8 Å². The van der Waals surface area contributed by atoms with Gasteiger partial charge in [-0.25, -0.2) is 0 Å². The Morgan fingerprint density at radius 1 is 1.08 bits per heavy atom. The number of rotatable bonds is 5. The van der Waals surface area contributed by atoms with Crippen LogP contribution >= 0.6 is 0 Å². The minimum Gasteiger partial charge on any atom is -0.338 e. The monoisotopic (exact) mass is 344 g/mol. The summed E-state index contributed by atoms with van der Waals surface area (Å²) in [7, 11) is 0. The van der Waals surface area contributed by atoms with E-state index < -0.39 is 11.6 Å². The average Bonchev–Trinajstić information content (AvgIpc) is 2.66. The summed E-state index contributed by atoms with van der Waals surface area (Å²) in [4.78, 5) is 12.2. The lowest BCUT2D eigenvalue weighted by molar-refractivity contribution is -0.129. The number of benzene rings is 2. The number of carbonyl (C=O) groups is 1. The zero-order valence-electron chi connectivity index (χ0n) is 14.4. The van der Waals surface area contributed by atoms with Crippen molar-refractivity contribution >= 4 is 5.91 Å². The van der Waals surface area contributed by atoms with Crippen LogP contribution in [-0.2, 0) is 11.2 Å². The number of hydrogen-bond donors (Lipinski definition) is 2. The quantitative estimate of drug-likeness (QED) is 0.870. The normalized spacial score (nSPS) is 15.8. The molecular formula is C21H20N4O. The fourth-order valence-corrected chi connectivity index (χ4v) is 3.02. The lowest BCUT2D eigenvalue weighted by atomic mass is 9.77. The molecule has 2 aromatic rings. The van der Waals surface area contributed by atoms with E-state index in [4.69, 9.17) is 11.0 Å². The molecule has 1 fully saturated rings. The second-order valence-corrected chi connectivity index (χ2v) is 6.76. The molecule has 5 heteroatoms. The third-order valence-corrected chi connectivity index (χ3v) is 4.90. The van der Waals surface area contributed by atoms with Crippen molar-refractivity contribution in [2.75, 3.05) is 0 Å². The summed E-state index contributed by atoms with van der Waals surface area (Å²) in [5.41, 5.74) is 8.86. The number of amides is 1. The van der Waals surface area contributed by atoms with Crippen LogP contribution in [-0.4, -0.2) is 17.5 Å². The summed E-state index contributed by atoms with van der Waals surface area (Å²) in [5.74, 6) is -0.232. The Hall–Kier alpha value is -3.15. The summed E-state index contributed by atoms with van der Waals surface area (Å²) in [6, 6.07) is 18.9. The highest BCUT2D eigenvalue weighted by Crippen LogP contribution is 2.29. The van der Waals surface area contributed by atoms with Crippen molar-refractivity contribution in [2.45, 2.75) is 37.3 Å². The molecule has 130 valence electrons. The molecule has 0 aliphatic heterocycles. The van der Waals surface area contributed by atoms with Crippen molar-refractivity contribution in [1.29, 1.82) is 10.5 Å². The summed E-state index contributed by atoms with van der Waals surface area (Å²) < 4.78 is 0. The molecule has 0 saturated heterocycles. The summed E-state index contributed by atoms with van der Waals surface area (Å²) in [6.45, 7) is 0. The van der Waals surface area contributed by atoms with Crippen LogP contribution in [0.3, 0.4) is 0 Å². The van der Waals surface area contributed by atoms with Crippen molar-refractivity contribution < 1.29 is 4.79 Å². The molecule has 0 radical (unpaired) electrons. The Kier molecular flexibility index (Phi) is 5.02. The molecule has 1 amide bonds. The zero-order valence-corrected chi connectivity index (χ0v) is 14.4. The number of nitrogens with one attached hydrogen (secondary N) is 1. The van der Waals surface area contributed by atoms with Crippen molar-refractivity contribution in [3.63, 3.8) is 0 Å². The van der Waals surface area contributed by atoms with Crippen LogP contribution in [0.1, 0.15) is 30.4 Å². The molecule has 1 unspecified atom stereocenters. The maximum absolute atomic E-state index is 12.2. The molecule has 1 aliphatic carbocycles. The highest BCUT2D eigenvalue weighted by Gasteiger charge is 2.40. The molecule has 3 rings (SSSR count). The van der Waals surface area contributed by atoms with E-state index in [2.05, 4.69) is 17.5 Å². The van der Waals surface area contributed by atoms with Gasteiger partial charge < -0.3 is 11.1 Å². The summed E-state index contributed by atoms with van der Waals surface area (Å²) >= 11 is 0. The van der Waals surface area contributed by atoms with Gasteiger partial charge in [-0.2, -0.15) is 10.5 Å². The minimum absolute atomic E-state index is 0.232. The third-order valence-electron chi connectivity index (χ3n) is 4.90. The molecule has 0 heterocycles. The van der Waals surface area contributed by atoms with Crippen molar-refractivity contribution in [1.82, 2.24) is 5.32 Å². The van der Waals surface area contributed by atoms with E-state index in [1.54, 1.807) is 12.1 Å². The first-order chi connectivity index (χ1) is 12.5. The minimum atomic E-state index is -0.797. The highest BCUT2D eigenvalue weighted by molar-refractivity contribution is 5.87.